The molecule has 0 saturated carbocycles. The van der Waals surface area contributed by atoms with E-state index in [1.807, 2.05) is 29.2 Å². The average molecular weight is 348 g/mol. The molecular weight excluding hydrogens is 328 g/mol. The van der Waals surface area contributed by atoms with E-state index in [0.29, 0.717) is 18.1 Å². The molecule has 0 unspecified atom stereocenters. The van der Waals surface area contributed by atoms with Crippen molar-refractivity contribution >= 4 is 39.5 Å². The molecule has 0 aliphatic carbocycles. The van der Waals surface area contributed by atoms with E-state index in [1.54, 1.807) is 0 Å². The van der Waals surface area contributed by atoms with Crippen LogP contribution in [0.4, 0.5) is 11.4 Å². The molecule has 4 heteroatoms. The van der Waals surface area contributed by atoms with Crippen molar-refractivity contribution in [2.75, 3.05) is 16.8 Å². The Bertz CT molecular complexity index is 936. The smallest absolute Gasteiger partial charge is 0.178 e. The maximum atomic E-state index is 10.3. The van der Waals surface area contributed by atoms with E-state index in [0.717, 1.165) is 16.9 Å². The lowest BCUT2D eigenvalue weighted by molar-refractivity contribution is 0.180. The second-order valence-electron chi connectivity index (χ2n) is 6.56. The van der Waals surface area contributed by atoms with E-state index in [4.69, 9.17) is 12.2 Å². The van der Waals surface area contributed by atoms with Gasteiger partial charge >= 0.3 is 0 Å². The summed E-state index contributed by atoms with van der Waals surface area (Å²) in [6.45, 7) is 2.56. The van der Waals surface area contributed by atoms with E-state index in [-0.39, 0.29) is 0 Å². The predicted molar refractivity (Wildman–Crippen MR) is 108 cm³/mol. The predicted octanol–water partition coefficient (Wildman–Crippen LogP) is 4.27. The van der Waals surface area contributed by atoms with Crippen LogP contribution in [-0.2, 0) is 6.42 Å². The van der Waals surface area contributed by atoms with Crippen LogP contribution in [0.15, 0.2) is 60.7 Å². The van der Waals surface area contributed by atoms with Crippen molar-refractivity contribution in [1.29, 1.82) is 0 Å². The Hall–Kier alpha value is -2.43. The number of anilines is 2. The summed E-state index contributed by atoms with van der Waals surface area (Å²) in [7, 11) is 0. The molecule has 4 rings (SSSR count). The molecule has 0 spiro atoms. The van der Waals surface area contributed by atoms with Crippen LogP contribution >= 0.6 is 12.2 Å². The third kappa shape index (κ3) is 3.11. The van der Waals surface area contributed by atoms with Crippen molar-refractivity contribution in [3.63, 3.8) is 0 Å². The molecule has 2 N–H and O–H groups in total. The Morgan fingerprint density at radius 2 is 1.84 bits per heavy atom. The van der Waals surface area contributed by atoms with Gasteiger partial charge in [-0.3, -0.25) is 0 Å². The van der Waals surface area contributed by atoms with Crippen LogP contribution in [-0.4, -0.2) is 22.9 Å². The van der Waals surface area contributed by atoms with E-state index in [2.05, 4.69) is 48.6 Å². The molecular formula is C21H20N2OS. The lowest BCUT2D eigenvalue weighted by Crippen LogP contribution is -2.44. The average Bonchev–Trinajstić information content (AvgIpc) is 2.62. The fourth-order valence-electron chi connectivity index (χ4n) is 3.42. The van der Waals surface area contributed by atoms with Gasteiger partial charge < -0.3 is 15.3 Å². The standard InChI is InChI=1S/C21H20N2OS/c1-14-6-10-17(11-7-14)22-21(25)23-13-18(24)12-16-9-8-15-4-2-3-5-19(15)20(16)23/h2-11,18,24H,12-13H2,1H3,(H,22,25)/t18-/m1/s1. The van der Waals surface area contributed by atoms with Crippen LogP contribution in [0.5, 0.6) is 0 Å². The van der Waals surface area contributed by atoms with Gasteiger partial charge in [-0.05, 0) is 42.2 Å². The summed E-state index contributed by atoms with van der Waals surface area (Å²) in [5.74, 6) is 0. The Balaban J connectivity index is 1.74. The van der Waals surface area contributed by atoms with Crippen molar-refractivity contribution in [2.24, 2.45) is 0 Å². The van der Waals surface area contributed by atoms with Crippen molar-refractivity contribution in [3.8, 4) is 0 Å². The van der Waals surface area contributed by atoms with Gasteiger partial charge in [0.25, 0.3) is 0 Å². The Morgan fingerprint density at radius 3 is 2.64 bits per heavy atom. The number of aliphatic hydroxyl groups excluding tert-OH is 1. The first kappa shape index (κ1) is 16.1. The molecule has 3 aromatic rings. The Labute approximate surface area is 152 Å². The first-order chi connectivity index (χ1) is 12.1. The largest absolute Gasteiger partial charge is 0.391 e. The van der Waals surface area contributed by atoms with E-state index < -0.39 is 6.10 Å². The second kappa shape index (κ2) is 6.47. The van der Waals surface area contributed by atoms with Gasteiger partial charge in [-0.1, -0.05) is 54.1 Å². The fraction of sp³-hybridized carbons (Fsp3) is 0.190. The topological polar surface area (TPSA) is 35.5 Å². The summed E-state index contributed by atoms with van der Waals surface area (Å²) in [4.78, 5) is 2.03. The number of nitrogens with zero attached hydrogens (tertiary/aromatic N) is 1. The van der Waals surface area contributed by atoms with Crippen molar-refractivity contribution < 1.29 is 5.11 Å². The van der Waals surface area contributed by atoms with Gasteiger partial charge in [0, 0.05) is 17.5 Å². The van der Waals surface area contributed by atoms with Gasteiger partial charge in [0.1, 0.15) is 0 Å². The maximum Gasteiger partial charge on any atom is 0.178 e. The van der Waals surface area contributed by atoms with Gasteiger partial charge in [0.15, 0.2) is 5.11 Å². The van der Waals surface area contributed by atoms with Crippen molar-refractivity contribution in [1.82, 2.24) is 0 Å². The number of fused-ring (bicyclic) bond motifs is 3. The number of rotatable bonds is 1. The maximum absolute atomic E-state index is 10.3. The highest BCUT2D eigenvalue weighted by atomic mass is 32.1. The van der Waals surface area contributed by atoms with Gasteiger partial charge in [-0.15, -0.1) is 0 Å². The van der Waals surface area contributed by atoms with Crippen molar-refractivity contribution in [3.05, 3.63) is 71.8 Å². The summed E-state index contributed by atoms with van der Waals surface area (Å²) in [5, 5.41) is 16.6. The first-order valence-corrected chi connectivity index (χ1v) is 8.86. The quantitative estimate of drug-likeness (QED) is 0.644. The van der Waals surface area contributed by atoms with Gasteiger partial charge in [0.2, 0.25) is 0 Å². The van der Waals surface area contributed by atoms with Crippen LogP contribution in [0.25, 0.3) is 10.8 Å². The van der Waals surface area contributed by atoms with Gasteiger partial charge in [-0.25, -0.2) is 0 Å². The zero-order valence-corrected chi connectivity index (χ0v) is 14.9. The number of hydrogen-bond acceptors (Lipinski definition) is 2. The SMILES string of the molecule is Cc1ccc(NC(=S)N2C[C@H](O)Cc3ccc4ccccc4c32)cc1. The molecule has 0 radical (unpaired) electrons. The highest BCUT2D eigenvalue weighted by Crippen LogP contribution is 2.35. The number of hydrogen-bond donors (Lipinski definition) is 2. The van der Waals surface area contributed by atoms with Gasteiger partial charge in [0.05, 0.1) is 18.3 Å². The monoisotopic (exact) mass is 348 g/mol. The zero-order valence-electron chi connectivity index (χ0n) is 14.1. The highest BCUT2D eigenvalue weighted by Gasteiger charge is 2.27. The summed E-state index contributed by atoms with van der Waals surface area (Å²) in [6.07, 6.45) is 0.232. The third-order valence-corrected chi connectivity index (χ3v) is 4.97. The minimum atomic E-state index is -0.425. The normalized spacial score (nSPS) is 16.6. The Kier molecular flexibility index (Phi) is 4.15. The van der Waals surface area contributed by atoms with E-state index in [9.17, 15) is 5.11 Å². The summed E-state index contributed by atoms with van der Waals surface area (Å²) >= 11 is 5.68. The molecule has 1 heterocycles. The molecule has 126 valence electrons. The number of benzene rings is 3. The number of β-amino-alcohol motifs (C(OH)–C–C–N with tert-alkyl or cyclic N) is 1. The number of thiocarbonyl (C=S) groups is 1. The highest BCUT2D eigenvalue weighted by molar-refractivity contribution is 7.80. The molecule has 3 aromatic carbocycles. The molecule has 1 aliphatic heterocycles. The fourth-order valence-corrected chi connectivity index (χ4v) is 3.70. The molecule has 0 aromatic heterocycles. The van der Waals surface area contributed by atoms with Crippen molar-refractivity contribution in [2.45, 2.75) is 19.4 Å². The minimum Gasteiger partial charge on any atom is -0.391 e. The van der Waals surface area contributed by atoms with Crippen LogP contribution < -0.4 is 10.2 Å². The van der Waals surface area contributed by atoms with Crippen LogP contribution in [0.3, 0.4) is 0 Å². The molecule has 3 nitrogen and oxygen atoms in total. The molecule has 1 atom stereocenters. The molecule has 0 saturated heterocycles. The molecule has 0 amide bonds. The number of aliphatic hydroxyl groups is 1. The lowest BCUT2D eigenvalue weighted by Gasteiger charge is -2.35. The first-order valence-electron chi connectivity index (χ1n) is 8.46. The lowest BCUT2D eigenvalue weighted by atomic mass is 9.95. The summed E-state index contributed by atoms with van der Waals surface area (Å²) < 4.78 is 0. The Morgan fingerprint density at radius 1 is 1.08 bits per heavy atom. The van der Waals surface area contributed by atoms with E-state index >= 15 is 0 Å². The third-order valence-electron chi connectivity index (χ3n) is 4.65. The summed E-state index contributed by atoms with van der Waals surface area (Å²) in [5.41, 5.74) is 4.40. The number of nitrogens with one attached hydrogen (secondary N) is 1. The zero-order chi connectivity index (χ0) is 17.4. The molecule has 0 fully saturated rings. The summed E-state index contributed by atoms with van der Waals surface area (Å²) in [6, 6.07) is 20.7. The van der Waals surface area contributed by atoms with Gasteiger partial charge in [-0.2, -0.15) is 0 Å². The van der Waals surface area contributed by atoms with Crippen LogP contribution in [0.2, 0.25) is 0 Å². The van der Waals surface area contributed by atoms with Crippen LogP contribution in [0, 0.1) is 6.92 Å². The van der Waals surface area contributed by atoms with Crippen LogP contribution in [0.1, 0.15) is 11.1 Å². The molecule has 0 bridgehead atoms. The minimum absolute atomic E-state index is 0.425. The second-order valence-corrected chi connectivity index (χ2v) is 6.95. The van der Waals surface area contributed by atoms with E-state index in [1.165, 1.54) is 16.3 Å². The number of aryl methyl sites for hydroxylation is 1. The molecule has 1 aliphatic rings. The molecule has 25 heavy (non-hydrogen) atoms.